The first-order valence-electron chi connectivity index (χ1n) is 8.48. The Morgan fingerprint density at radius 3 is 2.59 bits per heavy atom. The summed E-state index contributed by atoms with van der Waals surface area (Å²) < 4.78 is 0. The number of para-hydroxylation sites is 1. The van der Waals surface area contributed by atoms with E-state index in [-0.39, 0.29) is 5.91 Å². The minimum atomic E-state index is -0.141. The summed E-state index contributed by atoms with van der Waals surface area (Å²) in [4.78, 5) is 23.6. The summed E-state index contributed by atoms with van der Waals surface area (Å²) in [5.41, 5.74) is 3.80. The lowest BCUT2D eigenvalue weighted by atomic mass is 10.2. The number of hydrogen-bond donors (Lipinski definition) is 1. The van der Waals surface area contributed by atoms with E-state index in [0.29, 0.717) is 39.6 Å². The van der Waals surface area contributed by atoms with Gasteiger partial charge in [0.1, 0.15) is 5.69 Å². The number of nitrogens with zero attached hydrogens (tertiary/aromatic N) is 3. The summed E-state index contributed by atoms with van der Waals surface area (Å²) in [7, 11) is 0. The van der Waals surface area contributed by atoms with Crippen LogP contribution in [0.25, 0.3) is 0 Å². The molecule has 3 aromatic rings. The molecule has 4 rings (SSSR count). The Kier molecular flexibility index (Phi) is 4.72. The molecule has 1 aromatic heterocycles. The van der Waals surface area contributed by atoms with Gasteiger partial charge in [-0.05, 0) is 49.2 Å². The van der Waals surface area contributed by atoms with Gasteiger partial charge in [-0.1, -0.05) is 41.4 Å². The van der Waals surface area contributed by atoms with Crippen LogP contribution in [0.15, 0.2) is 48.5 Å². The zero-order valence-electron chi connectivity index (χ0n) is 14.5. The van der Waals surface area contributed by atoms with E-state index in [1.54, 1.807) is 29.2 Å². The van der Waals surface area contributed by atoms with Gasteiger partial charge in [-0.15, -0.1) is 0 Å². The van der Waals surface area contributed by atoms with Crippen molar-refractivity contribution in [3.8, 4) is 0 Å². The van der Waals surface area contributed by atoms with Gasteiger partial charge in [0.25, 0.3) is 5.91 Å². The molecule has 2 heterocycles. The van der Waals surface area contributed by atoms with Gasteiger partial charge in [0.05, 0.1) is 0 Å². The van der Waals surface area contributed by atoms with Crippen LogP contribution in [0.1, 0.15) is 21.7 Å². The molecule has 0 aliphatic carbocycles. The van der Waals surface area contributed by atoms with Crippen LogP contribution in [0.3, 0.4) is 0 Å². The van der Waals surface area contributed by atoms with Crippen LogP contribution in [0.2, 0.25) is 10.0 Å². The lowest BCUT2D eigenvalue weighted by molar-refractivity contribution is 0.0984. The average Bonchev–Trinajstić information content (AvgIpc) is 3.03. The van der Waals surface area contributed by atoms with E-state index >= 15 is 0 Å². The minimum absolute atomic E-state index is 0.141. The van der Waals surface area contributed by atoms with Crippen LogP contribution in [0.4, 0.5) is 17.3 Å². The SMILES string of the molecule is Cc1cc(C(=O)N2CCc3ccccc32)nc(Nc2cc(Cl)cc(Cl)c2)n1. The Balaban J connectivity index is 1.64. The molecule has 2 aromatic carbocycles. The van der Waals surface area contributed by atoms with Crippen molar-refractivity contribution in [2.24, 2.45) is 0 Å². The first kappa shape index (κ1) is 17.8. The van der Waals surface area contributed by atoms with Crippen LogP contribution in [0, 0.1) is 6.92 Å². The zero-order chi connectivity index (χ0) is 19.0. The molecular weight excluding hydrogens is 383 g/mol. The third kappa shape index (κ3) is 3.75. The number of nitrogens with one attached hydrogen (secondary N) is 1. The third-order valence-electron chi connectivity index (χ3n) is 4.32. The van der Waals surface area contributed by atoms with Crippen molar-refractivity contribution in [2.45, 2.75) is 13.3 Å². The highest BCUT2D eigenvalue weighted by atomic mass is 35.5. The van der Waals surface area contributed by atoms with Crippen LogP contribution in [0.5, 0.6) is 0 Å². The second-order valence-electron chi connectivity index (χ2n) is 6.34. The molecule has 1 N–H and O–H groups in total. The van der Waals surface area contributed by atoms with Gasteiger partial charge in [-0.25, -0.2) is 9.97 Å². The van der Waals surface area contributed by atoms with Crippen molar-refractivity contribution in [1.82, 2.24) is 9.97 Å². The topological polar surface area (TPSA) is 58.1 Å². The van der Waals surface area contributed by atoms with Gasteiger partial charge in [-0.3, -0.25) is 4.79 Å². The standard InChI is InChI=1S/C20H16Cl2N4O/c1-12-8-17(19(27)26-7-6-13-4-2-3-5-18(13)26)25-20(23-12)24-16-10-14(21)9-15(22)11-16/h2-5,8-11H,6-7H2,1H3,(H,23,24,25). The smallest absolute Gasteiger partial charge is 0.277 e. The fourth-order valence-corrected chi connectivity index (χ4v) is 3.70. The van der Waals surface area contributed by atoms with E-state index in [4.69, 9.17) is 23.2 Å². The summed E-state index contributed by atoms with van der Waals surface area (Å²) in [6, 6.07) is 14.7. The van der Waals surface area contributed by atoms with E-state index in [9.17, 15) is 4.79 Å². The molecule has 27 heavy (non-hydrogen) atoms. The molecule has 0 bridgehead atoms. The van der Waals surface area contributed by atoms with Gasteiger partial charge in [0, 0.05) is 33.7 Å². The molecule has 0 saturated carbocycles. The monoisotopic (exact) mass is 398 g/mol. The highest BCUT2D eigenvalue weighted by molar-refractivity contribution is 6.35. The highest BCUT2D eigenvalue weighted by Gasteiger charge is 2.26. The molecule has 7 heteroatoms. The maximum atomic E-state index is 13.0. The number of benzene rings is 2. The van der Waals surface area contributed by atoms with E-state index in [1.807, 2.05) is 31.2 Å². The Bertz CT molecular complexity index is 1020. The van der Waals surface area contributed by atoms with Gasteiger partial charge in [0.15, 0.2) is 0 Å². The first-order valence-corrected chi connectivity index (χ1v) is 9.24. The molecule has 1 aliphatic heterocycles. The number of fused-ring (bicyclic) bond motifs is 1. The van der Waals surface area contributed by atoms with Crippen LogP contribution in [-0.2, 0) is 6.42 Å². The molecule has 5 nitrogen and oxygen atoms in total. The fourth-order valence-electron chi connectivity index (χ4n) is 3.18. The van der Waals surface area contributed by atoms with E-state index in [0.717, 1.165) is 12.1 Å². The number of amides is 1. The summed E-state index contributed by atoms with van der Waals surface area (Å²) in [5, 5.41) is 4.07. The number of halogens is 2. The number of aryl methyl sites for hydroxylation is 1. The molecule has 0 atom stereocenters. The summed E-state index contributed by atoms with van der Waals surface area (Å²) in [6.45, 7) is 2.47. The predicted molar refractivity (Wildman–Crippen MR) is 108 cm³/mol. The average molecular weight is 399 g/mol. The maximum Gasteiger partial charge on any atom is 0.277 e. The van der Waals surface area contributed by atoms with E-state index < -0.39 is 0 Å². The zero-order valence-corrected chi connectivity index (χ0v) is 16.1. The van der Waals surface area contributed by atoms with Crippen LogP contribution < -0.4 is 10.2 Å². The molecule has 1 amide bonds. The van der Waals surface area contributed by atoms with Crippen molar-refractivity contribution in [3.05, 3.63) is 75.5 Å². The van der Waals surface area contributed by atoms with Gasteiger partial charge in [-0.2, -0.15) is 0 Å². The lowest BCUT2D eigenvalue weighted by Crippen LogP contribution is -2.30. The van der Waals surface area contributed by atoms with Crippen molar-refractivity contribution in [1.29, 1.82) is 0 Å². The first-order chi connectivity index (χ1) is 13.0. The second-order valence-corrected chi connectivity index (χ2v) is 7.21. The Morgan fingerprint density at radius 1 is 1.07 bits per heavy atom. The lowest BCUT2D eigenvalue weighted by Gasteiger charge is -2.17. The van der Waals surface area contributed by atoms with Gasteiger partial charge in [0.2, 0.25) is 5.95 Å². The Morgan fingerprint density at radius 2 is 1.81 bits per heavy atom. The second kappa shape index (κ2) is 7.18. The minimum Gasteiger partial charge on any atom is -0.324 e. The quantitative estimate of drug-likeness (QED) is 0.671. The largest absolute Gasteiger partial charge is 0.324 e. The normalized spacial score (nSPS) is 12.8. The number of hydrogen-bond acceptors (Lipinski definition) is 4. The Hall–Kier alpha value is -2.63. The molecule has 0 saturated heterocycles. The molecule has 0 unspecified atom stereocenters. The van der Waals surface area contributed by atoms with Crippen LogP contribution >= 0.6 is 23.2 Å². The van der Waals surface area contributed by atoms with E-state index in [1.165, 1.54) is 5.56 Å². The molecule has 1 aliphatic rings. The Labute approximate surface area is 167 Å². The van der Waals surface area contributed by atoms with E-state index in [2.05, 4.69) is 15.3 Å². The molecule has 0 spiro atoms. The molecule has 0 fully saturated rings. The summed E-state index contributed by atoms with van der Waals surface area (Å²) >= 11 is 12.1. The number of rotatable bonds is 3. The number of aromatic nitrogens is 2. The summed E-state index contributed by atoms with van der Waals surface area (Å²) in [6.07, 6.45) is 0.845. The van der Waals surface area contributed by atoms with Gasteiger partial charge >= 0.3 is 0 Å². The predicted octanol–water partition coefficient (Wildman–Crippen LogP) is 5.04. The van der Waals surface area contributed by atoms with Crippen molar-refractivity contribution >= 4 is 46.4 Å². The van der Waals surface area contributed by atoms with Crippen molar-refractivity contribution < 1.29 is 4.79 Å². The molecular formula is C20H16Cl2N4O. The number of carbonyl (C=O) groups excluding carboxylic acids is 1. The fraction of sp³-hybridized carbons (Fsp3) is 0.150. The summed E-state index contributed by atoms with van der Waals surface area (Å²) in [5.74, 6) is 0.182. The van der Waals surface area contributed by atoms with Crippen molar-refractivity contribution in [2.75, 3.05) is 16.8 Å². The van der Waals surface area contributed by atoms with Crippen molar-refractivity contribution in [3.63, 3.8) is 0 Å². The number of anilines is 3. The van der Waals surface area contributed by atoms with Crippen LogP contribution in [-0.4, -0.2) is 22.4 Å². The number of carbonyl (C=O) groups is 1. The molecule has 0 radical (unpaired) electrons. The molecule has 136 valence electrons. The third-order valence-corrected chi connectivity index (χ3v) is 4.76. The van der Waals surface area contributed by atoms with Gasteiger partial charge < -0.3 is 10.2 Å². The maximum absolute atomic E-state index is 13.0. The highest BCUT2D eigenvalue weighted by Crippen LogP contribution is 2.29.